The highest BCUT2D eigenvalue weighted by Crippen LogP contribution is 1.93. The molecule has 1 heterocycles. The molecule has 6 nitrogen and oxygen atoms in total. The van der Waals surface area contributed by atoms with Gasteiger partial charge in [0.25, 0.3) is 0 Å². The molecule has 0 aliphatic rings. The largest absolute Gasteiger partial charge is 0.347 e. The van der Waals surface area contributed by atoms with Crippen molar-refractivity contribution in [3.05, 3.63) is 11.7 Å². The van der Waals surface area contributed by atoms with Gasteiger partial charge in [0, 0.05) is 6.92 Å². The summed E-state index contributed by atoms with van der Waals surface area (Å²) < 4.78 is 4.71. The Morgan fingerprint density at radius 3 is 2.92 bits per heavy atom. The van der Waals surface area contributed by atoms with Crippen LogP contribution in [0.3, 0.4) is 0 Å². The maximum atomic E-state index is 11.0. The van der Waals surface area contributed by atoms with Gasteiger partial charge in [-0.15, -0.1) is 0 Å². The van der Waals surface area contributed by atoms with Crippen molar-refractivity contribution < 1.29 is 9.32 Å². The Morgan fingerprint density at radius 1 is 1.77 bits per heavy atom. The highest BCUT2D eigenvalue weighted by molar-refractivity contribution is 5.80. The minimum atomic E-state index is -0.520. The van der Waals surface area contributed by atoms with Crippen LogP contribution in [0.5, 0.6) is 0 Å². The summed E-state index contributed by atoms with van der Waals surface area (Å²) in [5, 5.41) is 6.17. The van der Waals surface area contributed by atoms with Crippen molar-refractivity contribution in [3.63, 3.8) is 0 Å². The maximum absolute atomic E-state index is 11.0. The molecule has 6 heteroatoms. The lowest BCUT2D eigenvalue weighted by Gasteiger charge is -2.03. The highest BCUT2D eigenvalue weighted by atomic mass is 16.5. The molecule has 1 rings (SSSR count). The van der Waals surface area contributed by atoms with Gasteiger partial charge in [-0.1, -0.05) is 5.16 Å². The molecule has 0 spiro atoms. The van der Waals surface area contributed by atoms with Gasteiger partial charge in [-0.2, -0.15) is 4.98 Å². The van der Waals surface area contributed by atoms with Gasteiger partial charge in [0.05, 0.1) is 12.6 Å². The average Bonchev–Trinajstić information content (AvgIpc) is 2.47. The second kappa shape index (κ2) is 3.99. The Bertz CT molecular complexity index is 294. The van der Waals surface area contributed by atoms with Crippen LogP contribution >= 0.6 is 0 Å². The number of aryl methyl sites for hydroxylation is 1. The van der Waals surface area contributed by atoms with Crippen LogP contribution in [-0.2, 0) is 11.3 Å². The standard InChI is InChI=1S/C7H12N4O2/c1-4(8)7(12)9-3-6-10-5(2)13-11-6/h4H,3,8H2,1-2H3,(H,9,12). The van der Waals surface area contributed by atoms with E-state index in [0.717, 1.165) is 0 Å². The fraction of sp³-hybridized carbons (Fsp3) is 0.571. The van der Waals surface area contributed by atoms with Crippen molar-refractivity contribution in [2.45, 2.75) is 26.4 Å². The summed E-state index contributed by atoms with van der Waals surface area (Å²) in [5.74, 6) is 0.694. The van der Waals surface area contributed by atoms with E-state index in [1.54, 1.807) is 13.8 Å². The molecule has 13 heavy (non-hydrogen) atoms. The van der Waals surface area contributed by atoms with E-state index in [1.165, 1.54) is 0 Å². The lowest BCUT2D eigenvalue weighted by Crippen LogP contribution is -2.38. The molecule has 0 aliphatic carbocycles. The Labute approximate surface area is 75.5 Å². The SMILES string of the molecule is Cc1nc(CNC(=O)C(C)N)no1. The van der Waals surface area contributed by atoms with Crippen molar-refractivity contribution in [2.75, 3.05) is 0 Å². The van der Waals surface area contributed by atoms with Gasteiger partial charge < -0.3 is 15.6 Å². The second-order valence-corrected chi connectivity index (χ2v) is 2.74. The maximum Gasteiger partial charge on any atom is 0.237 e. The number of nitrogens with one attached hydrogen (secondary N) is 1. The summed E-state index contributed by atoms with van der Waals surface area (Å²) in [7, 11) is 0. The number of aromatic nitrogens is 2. The highest BCUT2D eigenvalue weighted by Gasteiger charge is 2.08. The van der Waals surface area contributed by atoms with Gasteiger partial charge >= 0.3 is 0 Å². The average molecular weight is 184 g/mol. The van der Waals surface area contributed by atoms with Crippen LogP contribution < -0.4 is 11.1 Å². The first-order valence-corrected chi connectivity index (χ1v) is 3.92. The fourth-order valence-corrected chi connectivity index (χ4v) is 0.740. The van der Waals surface area contributed by atoms with Crippen LogP contribution in [0.15, 0.2) is 4.52 Å². The summed E-state index contributed by atoms with van der Waals surface area (Å²) in [5.41, 5.74) is 5.33. The third-order valence-corrected chi connectivity index (χ3v) is 1.40. The van der Waals surface area contributed by atoms with Gasteiger partial charge in [-0.25, -0.2) is 0 Å². The summed E-state index contributed by atoms with van der Waals surface area (Å²) in [6.45, 7) is 3.54. The summed E-state index contributed by atoms with van der Waals surface area (Å²) in [6, 6.07) is -0.520. The molecule has 1 aromatic rings. The first kappa shape index (κ1) is 9.66. The molecule has 0 saturated carbocycles. The topological polar surface area (TPSA) is 94.0 Å². The van der Waals surface area contributed by atoms with Crippen molar-refractivity contribution in [2.24, 2.45) is 5.73 Å². The van der Waals surface area contributed by atoms with Crippen molar-refractivity contribution in [1.82, 2.24) is 15.5 Å². The number of hydrogen-bond donors (Lipinski definition) is 2. The summed E-state index contributed by atoms with van der Waals surface area (Å²) >= 11 is 0. The quantitative estimate of drug-likeness (QED) is 0.650. The summed E-state index contributed by atoms with van der Waals surface area (Å²) in [6.07, 6.45) is 0. The van der Waals surface area contributed by atoms with E-state index in [4.69, 9.17) is 10.3 Å². The van der Waals surface area contributed by atoms with E-state index < -0.39 is 6.04 Å². The fourth-order valence-electron chi connectivity index (χ4n) is 0.740. The Morgan fingerprint density at radius 2 is 2.46 bits per heavy atom. The third-order valence-electron chi connectivity index (χ3n) is 1.40. The van der Waals surface area contributed by atoms with Crippen LogP contribution in [0.25, 0.3) is 0 Å². The third kappa shape index (κ3) is 2.83. The lowest BCUT2D eigenvalue weighted by molar-refractivity contribution is -0.122. The van der Waals surface area contributed by atoms with E-state index in [-0.39, 0.29) is 12.5 Å². The summed E-state index contributed by atoms with van der Waals surface area (Å²) in [4.78, 5) is 14.9. The molecule has 1 amide bonds. The molecule has 0 bridgehead atoms. The predicted molar refractivity (Wildman–Crippen MR) is 44.5 cm³/mol. The van der Waals surface area contributed by atoms with Crippen molar-refractivity contribution >= 4 is 5.91 Å². The number of hydrogen-bond acceptors (Lipinski definition) is 5. The molecule has 3 N–H and O–H groups in total. The number of rotatable bonds is 3. The molecule has 0 saturated heterocycles. The number of carbonyl (C=O) groups is 1. The molecular formula is C7H12N4O2. The minimum absolute atomic E-state index is 0.234. The number of carbonyl (C=O) groups excluding carboxylic acids is 1. The Kier molecular flexibility index (Phi) is 2.97. The van der Waals surface area contributed by atoms with E-state index in [1.807, 2.05) is 0 Å². The molecule has 1 aromatic heterocycles. The normalized spacial score (nSPS) is 12.5. The van der Waals surface area contributed by atoms with Gasteiger partial charge in [-0.05, 0) is 6.92 Å². The molecule has 0 aliphatic heterocycles. The minimum Gasteiger partial charge on any atom is -0.347 e. The molecule has 0 aromatic carbocycles. The Hall–Kier alpha value is -1.43. The molecule has 72 valence electrons. The Balaban J connectivity index is 2.39. The van der Waals surface area contributed by atoms with Gasteiger partial charge in [-0.3, -0.25) is 4.79 Å². The number of nitrogens with zero attached hydrogens (tertiary/aromatic N) is 2. The van der Waals surface area contributed by atoms with E-state index in [0.29, 0.717) is 11.7 Å². The van der Waals surface area contributed by atoms with Gasteiger partial charge in [0.1, 0.15) is 0 Å². The van der Waals surface area contributed by atoms with Crippen LogP contribution in [0.1, 0.15) is 18.6 Å². The first-order valence-electron chi connectivity index (χ1n) is 3.92. The monoisotopic (exact) mass is 184 g/mol. The molecule has 0 fully saturated rings. The molecule has 1 atom stereocenters. The zero-order chi connectivity index (χ0) is 9.84. The molecule has 0 radical (unpaired) electrons. The van der Waals surface area contributed by atoms with Crippen molar-refractivity contribution in [1.29, 1.82) is 0 Å². The van der Waals surface area contributed by atoms with Crippen LogP contribution in [-0.4, -0.2) is 22.1 Å². The van der Waals surface area contributed by atoms with E-state index in [2.05, 4.69) is 15.5 Å². The zero-order valence-corrected chi connectivity index (χ0v) is 7.57. The van der Waals surface area contributed by atoms with Gasteiger partial charge in [0.15, 0.2) is 5.82 Å². The lowest BCUT2D eigenvalue weighted by atomic mass is 10.3. The van der Waals surface area contributed by atoms with E-state index >= 15 is 0 Å². The number of nitrogens with two attached hydrogens (primary N) is 1. The number of amides is 1. The van der Waals surface area contributed by atoms with Crippen LogP contribution in [0.4, 0.5) is 0 Å². The molecular weight excluding hydrogens is 172 g/mol. The predicted octanol–water partition coefficient (Wildman–Crippen LogP) is -0.659. The second-order valence-electron chi connectivity index (χ2n) is 2.74. The van der Waals surface area contributed by atoms with Crippen molar-refractivity contribution in [3.8, 4) is 0 Å². The first-order chi connectivity index (χ1) is 6.09. The smallest absolute Gasteiger partial charge is 0.237 e. The molecule has 1 unspecified atom stereocenters. The van der Waals surface area contributed by atoms with E-state index in [9.17, 15) is 4.79 Å². The van der Waals surface area contributed by atoms with Crippen LogP contribution in [0.2, 0.25) is 0 Å². The zero-order valence-electron chi connectivity index (χ0n) is 7.57. The van der Waals surface area contributed by atoms with Gasteiger partial charge in [0.2, 0.25) is 11.8 Å². The van der Waals surface area contributed by atoms with Crippen LogP contribution in [0, 0.1) is 6.92 Å².